The molecule has 1 aromatic heterocycles. The molecule has 6 heteroatoms. The molecule has 0 aliphatic heterocycles. The Kier molecular flexibility index (Phi) is 2.74. The number of hydrogen-bond donors (Lipinski definition) is 2. The highest BCUT2D eigenvalue weighted by molar-refractivity contribution is 9.10. The number of nitrogens with zero attached hydrogens (tertiary/aromatic N) is 2. The fraction of sp³-hybridized carbons (Fsp3) is 0. The molecule has 0 bridgehead atoms. The third-order valence-electron chi connectivity index (χ3n) is 2.14. The summed E-state index contributed by atoms with van der Waals surface area (Å²) in [6, 6.07) is 4.35. The second-order valence-corrected chi connectivity index (χ2v) is 3.98. The van der Waals surface area contributed by atoms with Crippen molar-refractivity contribution < 1.29 is 9.60 Å². The normalized spacial score (nSPS) is 12.0. The zero-order chi connectivity index (χ0) is 11.7. The molecule has 1 heterocycles. The van der Waals surface area contributed by atoms with Crippen LogP contribution in [0.1, 0.15) is 5.69 Å². The summed E-state index contributed by atoms with van der Waals surface area (Å²) in [7, 11) is 0. The molecule has 0 atom stereocenters. The molecule has 0 aliphatic carbocycles. The van der Waals surface area contributed by atoms with Gasteiger partial charge in [-0.2, -0.15) is 0 Å². The van der Waals surface area contributed by atoms with Crippen LogP contribution in [0.5, 0.6) is 0 Å². The summed E-state index contributed by atoms with van der Waals surface area (Å²) in [6.45, 7) is 0. The summed E-state index contributed by atoms with van der Waals surface area (Å²) >= 11 is 3.24. The van der Waals surface area contributed by atoms with Crippen molar-refractivity contribution in [3.05, 3.63) is 40.4 Å². The fourth-order valence-electron chi connectivity index (χ4n) is 1.46. The Bertz CT molecular complexity index is 586. The van der Waals surface area contributed by atoms with Gasteiger partial charge in [0, 0.05) is 16.1 Å². The van der Waals surface area contributed by atoms with Gasteiger partial charge in [-0.15, -0.1) is 0 Å². The Morgan fingerprint density at radius 3 is 2.88 bits per heavy atom. The van der Waals surface area contributed by atoms with Gasteiger partial charge in [0.15, 0.2) is 5.84 Å². The maximum absolute atomic E-state index is 13.2. The number of aromatic nitrogens is 1. The van der Waals surface area contributed by atoms with Crippen molar-refractivity contribution in [2.75, 3.05) is 0 Å². The van der Waals surface area contributed by atoms with Crippen LogP contribution in [0.25, 0.3) is 10.8 Å². The molecule has 3 N–H and O–H groups in total. The number of benzene rings is 1. The third kappa shape index (κ3) is 1.71. The van der Waals surface area contributed by atoms with Gasteiger partial charge >= 0.3 is 0 Å². The maximum atomic E-state index is 13.2. The molecule has 1 aromatic carbocycles. The molecule has 0 radical (unpaired) electrons. The number of pyridine rings is 1. The van der Waals surface area contributed by atoms with Crippen LogP contribution in [0.15, 0.2) is 34.0 Å². The Balaban J connectivity index is 2.87. The summed E-state index contributed by atoms with van der Waals surface area (Å²) in [4.78, 5) is 3.96. The van der Waals surface area contributed by atoms with E-state index < -0.39 is 5.82 Å². The SMILES string of the molecule is NC(=NO)c1nccc2c(Br)cc(F)cc12. The van der Waals surface area contributed by atoms with E-state index in [9.17, 15) is 4.39 Å². The van der Waals surface area contributed by atoms with Crippen LogP contribution in [-0.4, -0.2) is 16.0 Å². The Hall–Kier alpha value is -1.69. The van der Waals surface area contributed by atoms with Crippen molar-refractivity contribution in [2.45, 2.75) is 0 Å². The fourth-order valence-corrected chi connectivity index (χ4v) is 2.02. The predicted molar refractivity (Wildman–Crippen MR) is 61.9 cm³/mol. The summed E-state index contributed by atoms with van der Waals surface area (Å²) in [5.41, 5.74) is 5.71. The molecule has 2 rings (SSSR count). The number of nitrogens with two attached hydrogens (primary N) is 1. The van der Waals surface area contributed by atoms with Crippen molar-refractivity contribution in [3.8, 4) is 0 Å². The van der Waals surface area contributed by atoms with Crippen molar-refractivity contribution >= 4 is 32.5 Å². The van der Waals surface area contributed by atoms with Crippen LogP contribution < -0.4 is 5.73 Å². The van der Waals surface area contributed by atoms with Gasteiger partial charge in [-0.05, 0) is 23.6 Å². The first-order valence-corrected chi connectivity index (χ1v) is 5.14. The van der Waals surface area contributed by atoms with Gasteiger partial charge in [0.1, 0.15) is 11.5 Å². The molecular weight excluding hydrogens is 277 g/mol. The average Bonchev–Trinajstić information content (AvgIpc) is 2.27. The lowest BCUT2D eigenvalue weighted by Crippen LogP contribution is -2.15. The minimum atomic E-state index is -0.417. The number of halogens is 2. The molecule has 2 aromatic rings. The first kappa shape index (κ1) is 10.8. The molecule has 0 unspecified atom stereocenters. The Morgan fingerprint density at radius 2 is 2.19 bits per heavy atom. The van der Waals surface area contributed by atoms with E-state index in [0.29, 0.717) is 9.86 Å². The van der Waals surface area contributed by atoms with Crippen LogP contribution in [0.2, 0.25) is 0 Å². The number of oxime groups is 1. The number of amidine groups is 1. The highest BCUT2D eigenvalue weighted by Gasteiger charge is 2.10. The molecule has 82 valence electrons. The van der Waals surface area contributed by atoms with Crippen LogP contribution in [0.3, 0.4) is 0 Å². The number of rotatable bonds is 1. The summed E-state index contributed by atoms with van der Waals surface area (Å²) < 4.78 is 13.8. The first-order valence-electron chi connectivity index (χ1n) is 4.35. The van der Waals surface area contributed by atoms with Crippen molar-refractivity contribution in [1.29, 1.82) is 0 Å². The van der Waals surface area contributed by atoms with E-state index in [4.69, 9.17) is 10.9 Å². The molecule has 4 nitrogen and oxygen atoms in total. The third-order valence-corrected chi connectivity index (χ3v) is 2.80. The van der Waals surface area contributed by atoms with Crippen LogP contribution in [0.4, 0.5) is 4.39 Å². The van der Waals surface area contributed by atoms with E-state index in [1.165, 1.54) is 18.3 Å². The standard InChI is InChI=1S/C10H7BrFN3O/c11-8-4-5(12)3-7-6(8)1-2-14-9(7)10(13)15-16/h1-4,16H,(H2,13,15). The zero-order valence-electron chi connectivity index (χ0n) is 7.98. The van der Waals surface area contributed by atoms with E-state index in [1.54, 1.807) is 6.07 Å². The topological polar surface area (TPSA) is 71.5 Å². The molecule has 0 aliphatic rings. The largest absolute Gasteiger partial charge is 0.409 e. The minimum Gasteiger partial charge on any atom is -0.409 e. The second-order valence-electron chi connectivity index (χ2n) is 3.13. The molecule has 0 saturated carbocycles. The van der Waals surface area contributed by atoms with Crippen LogP contribution >= 0.6 is 15.9 Å². The molecule has 0 saturated heterocycles. The lowest BCUT2D eigenvalue weighted by atomic mass is 10.1. The molecule has 0 spiro atoms. The number of hydrogen-bond acceptors (Lipinski definition) is 3. The highest BCUT2D eigenvalue weighted by Crippen LogP contribution is 2.26. The van der Waals surface area contributed by atoms with E-state index in [0.717, 1.165) is 5.39 Å². The van der Waals surface area contributed by atoms with Gasteiger partial charge in [0.05, 0.1) is 0 Å². The molecular formula is C10H7BrFN3O. The lowest BCUT2D eigenvalue weighted by Gasteiger charge is -2.05. The number of fused-ring (bicyclic) bond motifs is 1. The first-order chi connectivity index (χ1) is 7.63. The molecule has 16 heavy (non-hydrogen) atoms. The van der Waals surface area contributed by atoms with Crippen molar-refractivity contribution in [2.24, 2.45) is 10.9 Å². The molecule has 0 amide bonds. The Labute approximate surface area is 98.7 Å². The van der Waals surface area contributed by atoms with Crippen molar-refractivity contribution in [1.82, 2.24) is 4.98 Å². The van der Waals surface area contributed by atoms with E-state index in [2.05, 4.69) is 26.1 Å². The summed E-state index contributed by atoms with van der Waals surface area (Å²) in [6.07, 6.45) is 1.51. The van der Waals surface area contributed by atoms with E-state index >= 15 is 0 Å². The zero-order valence-corrected chi connectivity index (χ0v) is 9.57. The monoisotopic (exact) mass is 283 g/mol. The summed E-state index contributed by atoms with van der Waals surface area (Å²) in [5.74, 6) is -0.567. The van der Waals surface area contributed by atoms with Gasteiger partial charge < -0.3 is 10.9 Å². The average molecular weight is 284 g/mol. The molecule has 0 fully saturated rings. The quantitative estimate of drug-likeness (QED) is 0.365. The lowest BCUT2D eigenvalue weighted by molar-refractivity contribution is 0.318. The van der Waals surface area contributed by atoms with Crippen molar-refractivity contribution in [3.63, 3.8) is 0 Å². The van der Waals surface area contributed by atoms with E-state index in [1.807, 2.05) is 0 Å². The smallest absolute Gasteiger partial charge is 0.189 e. The minimum absolute atomic E-state index is 0.150. The maximum Gasteiger partial charge on any atom is 0.189 e. The predicted octanol–water partition coefficient (Wildman–Crippen LogP) is 2.23. The van der Waals surface area contributed by atoms with E-state index in [-0.39, 0.29) is 11.5 Å². The highest BCUT2D eigenvalue weighted by atomic mass is 79.9. The Morgan fingerprint density at radius 1 is 1.44 bits per heavy atom. The van der Waals surface area contributed by atoms with Gasteiger partial charge in [-0.1, -0.05) is 21.1 Å². The second kappa shape index (κ2) is 4.05. The van der Waals surface area contributed by atoms with Gasteiger partial charge in [0.2, 0.25) is 0 Å². The van der Waals surface area contributed by atoms with Gasteiger partial charge in [0.25, 0.3) is 0 Å². The van der Waals surface area contributed by atoms with Crippen LogP contribution in [0, 0.1) is 5.82 Å². The van der Waals surface area contributed by atoms with Gasteiger partial charge in [-0.3, -0.25) is 4.98 Å². The van der Waals surface area contributed by atoms with Crippen LogP contribution in [-0.2, 0) is 0 Å². The van der Waals surface area contributed by atoms with Gasteiger partial charge in [-0.25, -0.2) is 4.39 Å². The summed E-state index contributed by atoms with van der Waals surface area (Å²) in [5, 5.41) is 12.7.